The van der Waals surface area contributed by atoms with Gasteiger partial charge >= 0.3 is 5.97 Å². The van der Waals surface area contributed by atoms with Crippen molar-refractivity contribution in [3.63, 3.8) is 0 Å². The SMILES string of the molecule is CCOC(=O)c1ccccc1Nc1cc(F)ccc1F. The fourth-order valence-corrected chi connectivity index (χ4v) is 1.72. The van der Waals surface area contributed by atoms with Gasteiger partial charge in [0.1, 0.15) is 11.6 Å². The molecule has 0 saturated heterocycles. The predicted molar refractivity (Wildman–Crippen MR) is 72.0 cm³/mol. The Hall–Kier alpha value is -2.43. The highest BCUT2D eigenvalue weighted by Gasteiger charge is 2.13. The minimum absolute atomic E-state index is 0.0400. The molecule has 0 heterocycles. The minimum atomic E-state index is -0.606. The van der Waals surface area contributed by atoms with E-state index >= 15 is 0 Å². The van der Waals surface area contributed by atoms with E-state index in [9.17, 15) is 13.6 Å². The van der Waals surface area contributed by atoms with Crippen LogP contribution in [0.25, 0.3) is 0 Å². The lowest BCUT2D eigenvalue weighted by Gasteiger charge is -2.12. The lowest BCUT2D eigenvalue weighted by Crippen LogP contribution is -2.08. The summed E-state index contributed by atoms with van der Waals surface area (Å²) in [5.41, 5.74) is 0.579. The topological polar surface area (TPSA) is 38.3 Å². The molecule has 0 unspecified atom stereocenters. The zero-order chi connectivity index (χ0) is 14.5. The Balaban J connectivity index is 2.34. The number of halogens is 2. The Labute approximate surface area is 115 Å². The van der Waals surface area contributed by atoms with E-state index in [1.165, 1.54) is 0 Å². The number of hydrogen-bond acceptors (Lipinski definition) is 3. The number of esters is 1. The van der Waals surface area contributed by atoms with Gasteiger partial charge in [0.05, 0.1) is 23.5 Å². The van der Waals surface area contributed by atoms with Gasteiger partial charge in [-0.1, -0.05) is 12.1 Å². The molecule has 20 heavy (non-hydrogen) atoms. The molecule has 0 spiro atoms. The van der Waals surface area contributed by atoms with Crippen molar-refractivity contribution >= 4 is 17.3 Å². The molecule has 1 N–H and O–H groups in total. The van der Waals surface area contributed by atoms with Gasteiger partial charge in [0, 0.05) is 6.07 Å². The average Bonchev–Trinajstić information content (AvgIpc) is 2.44. The van der Waals surface area contributed by atoms with Crippen LogP contribution in [0.3, 0.4) is 0 Å². The first-order chi connectivity index (χ1) is 9.61. The highest BCUT2D eigenvalue weighted by Crippen LogP contribution is 2.24. The molecule has 0 saturated carbocycles. The molecular formula is C15H13F2NO2. The second-order valence-corrected chi connectivity index (χ2v) is 4.02. The van der Waals surface area contributed by atoms with E-state index in [1.807, 2.05) is 0 Å². The molecule has 0 amide bonds. The number of carbonyl (C=O) groups excluding carboxylic acids is 1. The maximum atomic E-state index is 13.6. The van der Waals surface area contributed by atoms with Crippen molar-refractivity contribution in [1.82, 2.24) is 0 Å². The molecule has 2 aromatic rings. The minimum Gasteiger partial charge on any atom is -0.462 e. The summed E-state index contributed by atoms with van der Waals surface area (Å²) in [6.07, 6.45) is 0. The summed E-state index contributed by atoms with van der Waals surface area (Å²) < 4.78 is 31.6. The third-order valence-electron chi connectivity index (χ3n) is 2.62. The van der Waals surface area contributed by atoms with Gasteiger partial charge in [0.25, 0.3) is 0 Å². The molecule has 2 rings (SSSR count). The van der Waals surface area contributed by atoms with E-state index in [2.05, 4.69) is 5.32 Å². The Bertz CT molecular complexity index is 629. The van der Waals surface area contributed by atoms with Gasteiger partial charge in [0.15, 0.2) is 0 Å². The van der Waals surface area contributed by atoms with Gasteiger partial charge in [-0.2, -0.15) is 0 Å². The first kappa shape index (κ1) is 14.0. The highest BCUT2D eigenvalue weighted by molar-refractivity contribution is 5.96. The predicted octanol–water partition coefficient (Wildman–Crippen LogP) is 3.89. The van der Waals surface area contributed by atoms with Crippen LogP contribution >= 0.6 is 0 Å². The van der Waals surface area contributed by atoms with Gasteiger partial charge in [-0.05, 0) is 31.2 Å². The van der Waals surface area contributed by atoms with Crippen LogP contribution in [0.5, 0.6) is 0 Å². The molecule has 0 radical (unpaired) electrons. The van der Waals surface area contributed by atoms with Gasteiger partial charge in [-0.15, -0.1) is 0 Å². The number of benzene rings is 2. The fourth-order valence-electron chi connectivity index (χ4n) is 1.72. The van der Waals surface area contributed by atoms with E-state index in [0.717, 1.165) is 18.2 Å². The van der Waals surface area contributed by atoms with Crippen LogP contribution in [0.4, 0.5) is 20.2 Å². The number of para-hydroxylation sites is 1. The second kappa shape index (κ2) is 6.14. The van der Waals surface area contributed by atoms with E-state index in [-0.39, 0.29) is 17.9 Å². The smallest absolute Gasteiger partial charge is 0.340 e. The maximum Gasteiger partial charge on any atom is 0.340 e. The number of anilines is 2. The first-order valence-electron chi connectivity index (χ1n) is 6.10. The standard InChI is InChI=1S/C15H13F2NO2/c1-2-20-15(19)11-5-3-4-6-13(11)18-14-9-10(16)7-8-12(14)17/h3-9,18H,2H2,1H3. The molecule has 2 aromatic carbocycles. The maximum absolute atomic E-state index is 13.6. The quantitative estimate of drug-likeness (QED) is 0.862. The summed E-state index contributed by atoms with van der Waals surface area (Å²) in [4.78, 5) is 11.8. The molecule has 0 aliphatic rings. The molecule has 0 aromatic heterocycles. The van der Waals surface area contributed by atoms with E-state index in [1.54, 1.807) is 31.2 Å². The fraction of sp³-hybridized carbons (Fsp3) is 0.133. The van der Waals surface area contributed by atoms with Gasteiger partial charge in [-0.3, -0.25) is 0 Å². The average molecular weight is 277 g/mol. The van der Waals surface area contributed by atoms with Crippen LogP contribution in [0.2, 0.25) is 0 Å². The van der Waals surface area contributed by atoms with E-state index in [4.69, 9.17) is 4.74 Å². The highest BCUT2D eigenvalue weighted by atomic mass is 19.1. The number of hydrogen-bond donors (Lipinski definition) is 1. The van der Waals surface area contributed by atoms with E-state index in [0.29, 0.717) is 5.69 Å². The molecule has 0 atom stereocenters. The molecule has 0 fully saturated rings. The Morgan fingerprint density at radius 3 is 2.65 bits per heavy atom. The van der Waals surface area contributed by atoms with Crippen LogP contribution < -0.4 is 5.32 Å². The van der Waals surface area contributed by atoms with Crippen LogP contribution in [0, 0.1) is 11.6 Å². The molecule has 3 nitrogen and oxygen atoms in total. The third kappa shape index (κ3) is 3.12. The van der Waals surface area contributed by atoms with Crippen molar-refractivity contribution in [3.8, 4) is 0 Å². The number of ether oxygens (including phenoxy) is 1. The number of nitrogens with one attached hydrogen (secondary N) is 1. The van der Waals surface area contributed by atoms with Gasteiger partial charge in [-0.25, -0.2) is 13.6 Å². The second-order valence-electron chi connectivity index (χ2n) is 4.02. The summed E-state index contributed by atoms with van der Waals surface area (Å²) in [6.45, 7) is 1.93. The van der Waals surface area contributed by atoms with Crippen molar-refractivity contribution < 1.29 is 18.3 Å². The van der Waals surface area contributed by atoms with Crippen molar-refractivity contribution in [2.45, 2.75) is 6.92 Å². The summed E-state index contributed by atoms with van der Waals surface area (Å²) in [5, 5.41) is 2.71. The summed E-state index contributed by atoms with van der Waals surface area (Å²) in [5.74, 6) is -1.69. The molecular weight excluding hydrogens is 264 g/mol. The van der Waals surface area contributed by atoms with Crippen LogP contribution in [0.1, 0.15) is 17.3 Å². The number of carbonyl (C=O) groups is 1. The molecule has 0 bridgehead atoms. The van der Waals surface area contributed by atoms with Crippen molar-refractivity contribution in [3.05, 3.63) is 59.7 Å². The van der Waals surface area contributed by atoms with Crippen LogP contribution in [0.15, 0.2) is 42.5 Å². The van der Waals surface area contributed by atoms with Gasteiger partial charge in [0.2, 0.25) is 0 Å². The molecule has 0 aliphatic carbocycles. The largest absolute Gasteiger partial charge is 0.462 e. The zero-order valence-corrected chi connectivity index (χ0v) is 10.8. The summed E-state index contributed by atoms with van der Waals surface area (Å²) >= 11 is 0. The normalized spacial score (nSPS) is 10.2. The summed E-state index contributed by atoms with van der Waals surface area (Å²) in [6, 6.07) is 9.56. The molecule has 5 heteroatoms. The Kier molecular flexibility index (Phi) is 4.30. The lowest BCUT2D eigenvalue weighted by atomic mass is 10.1. The molecule has 0 aliphatic heterocycles. The van der Waals surface area contributed by atoms with Crippen LogP contribution in [-0.2, 0) is 4.74 Å². The van der Waals surface area contributed by atoms with Crippen molar-refractivity contribution in [2.24, 2.45) is 0 Å². The van der Waals surface area contributed by atoms with E-state index < -0.39 is 17.6 Å². The Morgan fingerprint density at radius 1 is 1.15 bits per heavy atom. The van der Waals surface area contributed by atoms with Gasteiger partial charge < -0.3 is 10.1 Å². The number of rotatable bonds is 4. The molecule has 104 valence electrons. The zero-order valence-electron chi connectivity index (χ0n) is 10.8. The summed E-state index contributed by atoms with van der Waals surface area (Å²) in [7, 11) is 0. The monoisotopic (exact) mass is 277 g/mol. The Morgan fingerprint density at radius 2 is 1.90 bits per heavy atom. The third-order valence-corrected chi connectivity index (χ3v) is 2.62. The van der Waals surface area contributed by atoms with Crippen LogP contribution in [-0.4, -0.2) is 12.6 Å². The van der Waals surface area contributed by atoms with Crippen molar-refractivity contribution in [2.75, 3.05) is 11.9 Å². The van der Waals surface area contributed by atoms with Crippen molar-refractivity contribution in [1.29, 1.82) is 0 Å². The lowest BCUT2D eigenvalue weighted by molar-refractivity contribution is 0.0527. The first-order valence-corrected chi connectivity index (χ1v) is 6.10.